The molecule has 0 aliphatic heterocycles. The lowest BCUT2D eigenvalue weighted by molar-refractivity contribution is 0.854. The van der Waals surface area contributed by atoms with Gasteiger partial charge in [-0.15, -0.1) is 11.3 Å². The summed E-state index contributed by atoms with van der Waals surface area (Å²) in [6, 6.07) is 7.74. The van der Waals surface area contributed by atoms with Crippen LogP contribution in [0.15, 0.2) is 46.8 Å². The Morgan fingerprint density at radius 3 is 2.89 bits per heavy atom. The van der Waals surface area contributed by atoms with Crippen molar-refractivity contribution in [3.8, 4) is 5.13 Å². The van der Waals surface area contributed by atoms with Gasteiger partial charge in [-0.05, 0) is 6.07 Å². The number of nitrogens with zero attached hydrogens (tertiary/aromatic N) is 3. The van der Waals surface area contributed by atoms with Crippen LogP contribution >= 0.6 is 11.3 Å². The van der Waals surface area contributed by atoms with E-state index < -0.39 is 0 Å². The second-order valence-corrected chi connectivity index (χ2v) is 5.00. The maximum Gasteiger partial charge on any atom is 0.282 e. The highest BCUT2D eigenvalue weighted by Gasteiger charge is 2.12. The second kappa shape index (κ2) is 3.76. The van der Waals surface area contributed by atoms with Crippen molar-refractivity contribution >= 4 is 33.1 Å². The zero-order valence-corrected chi connectivity index (χ0v) is 10.5. The van der Waals surface area contributed by atoms with Gasteiger partial charge in [-0.25, -0.2) is 4.98 Å². The Labute approximate surface area is 111 Å². The topological polar surface area (TPSA) is 63.6 Å². The van der Waals surface area contributed by atoms with Crippen LogP contribution in [0.1, 0.15) is 0 Å². The molecule has 0 fully saturated rings. The van der Waals surface area contributed by atoms with Gasteiger partial charge < -0.3 is 0 Å². The van der Waals surface area contributed by atoms with Crippen LogP contribution in [-0.4, -0.2) is 19.7 Å². The molecule has 4 rings (SSSR count). The van der Waals surface area contributed by atoms with Gasteiger partial charge >= 0.3 is 0 Å². The largest absolute Gasteiger partial charge is 0.287 e. The van der Waals surface area contributed by atoms with Gasteiger partial charge in [-0.1, -0.05) is 18.2 Å². The molecule has 5 nitrogen and oxygen atoms in total. The van der Waals surface area contributed by atoms with Gasteiger partial charge in [-0.2, -0.15) is 4.68 Å². The minimum atomic E-state index is -0.122. The lowest BCUT2D eigenvalue weighted by atomic mass is 10.2. The van der Waals surface area contributed by atoms with Crippen molar-refractivity contribution in [1.82, 2.24) is 19.7 Å². The van der Waals surface area contributed by atoms with Crippen LogP contribution in [0.5, 0.6) is 0 Å². The number of fused-ring (bicyclic) bond motifs is 3. The number of aromatic nitrogens is 4. The smallest absolute Gasteiger partial charge is 0.282 e. The Morgan fingerprint density at radius 2 is 2.05 bits per heavy atom. The molecule has 0 atom stereocenters. The van der Waals surface area contributed by atoms with E-state index in [0.717, 1.165) is 16.4 Å². The summed E-state index contributed by atoms with van der Waals surface area (Å²) in [7, 11) is 0. The Hall–Kier alpha value is -2.47. The highest BCUT2D eigenvalue weighted by Crippen LogP contribution is 2.20. The van der Waals surface area contributed by atoms with Crippen molar-refractivity contribution in [3.63, 3.8) is 0 Å². The number of pyridine rings is 1. The van der Waals surface area contributed by atoms with E-state index in [1.165, 1.54) is 16.0 Å². The molecule has 0 radical (unpaired) electrons. The highest BCUT2D eigenvalue weighted by atomic mass is 32.1. The highest BCUT2D eigenvalue weighted by molar-refractivity contribution is 7.12. The molecule has 4 aromatic rings. The SMILES string of the molecule is O=c1c2cnc3ccccc3c2[nH]n1-c1nccs1. The maximum absolute atomic E-state index is 12.3. The predicted molar refractivity (Wildman–Crippen MR) is 74.9 cm³/mol. The van der Waals surface area contributed by atoms with Gasteiger partial charge in [0.2, 0.25) is 5.13 Å². The third-order valence-electron chi connectivity index (χ3n) is 3.04. The summed E-state index contributed by atoms with van der Waals surface area (Å²) in [4.78, 5) is 20.8. The molecule has 3 heterocycles. The Bertz CT molecular complexity index is 936. The van der Waals surface area contributed by atoms with Gasteiger partial charge in [-0.3, -0.25) is 14.9 Å². The number of aromatic amines is 1. The number of para-hydroxylation sites is 1. The predicted octanol–water partition coefficient (Wildman–Crippen LogP) is 2.32. The van der Waals surface area contributed by atoms with Gasteiger partial charge in [0.15, 0.2) is 0 Å². The third kappa shape index (κ3) is 1.43. The van der Waals surface area contributed by atoms with Crippen LogP contribution in [0.2, 0.25) is 0 Å². The molecule has 92 valence electrons. The van der Waals surface area contributed by atoms with Gasteiger partial charge in [0.05, 0.1) is 16.4 Å². The first kappa shape index (κ1) is 10.5. The van der Waals surface area contributed by atoms with E-state index in [4.69, 9.17) is 0 Å². The monoisotopic (exact) mass is 268 g/mol. The minimum Gasteiger partial charge on any atom is -0.287 e. The van der Waals surface area contributed by atoms with Gasteiger partial charge in [0, 0.05) is 23.2 Å². The minimum absolute atomic E-state index is 0.122. The van der Waals surface area contributed by atoms with E-state index in [9.17, 15) is 4.79 Å². The molecule has 3 aromatic heterocycles. The molecular weight excluding hydrogens is 260 g/mol. The fourth-order valence-electron chi connectivity index (χ4n) is 2.17. The quantitative estimate of drug-likeness (QED) is 0.576. The standard InChI is InChI=1S/C13H8N4OS/c18-12-9-7-15-10-4-2-1-3-8(10)11(9)16-17(12)13-14-5-6-19-13/h1-7,16H. The summed E-state index contributed by atoms with van der Waals surface area (Å²) in [5, 5.41) is 7.10. The number of rotatable bonds is 1. The lowest BCUT2D eigenvalue weighted by Crippen LogP contribution is -2.13. The zero-order chi connectivity index (χ0) is 12.8. The zero-order valence-electron chi connectivity index (χ0n) is 9.70. The molecule has 1 aromatic carbocycles. The number of H-pyrrole nitrogens is 1. The Morgan fingerprint density at radius 1 is 1.16 bits per heavy atom. The van der Waals surface area contributed by atoms with Crippen LogP contribution in [0.4, 0.5) is 0 Å². The molecule has 0 aliphatic carbocycles. The van der Waals surface area contributed by atoms with Crippen molar-refractivity contribution in [2.75, 3.05) is 0 Å². The first-order chi connectivity index (χ1) is 9.34. The number of hydrogen-bond acceptors (Lipinski definition) is 4. The molecule has 6 heteroatoms. The Kier molecular flexibility index (Phi) is 2.07. The van der Waals surface area contributed by atoms with Crippen molar-refractivity contribution in [1.29, 1.82) is 0 Å². The van der Waals surface area contributed by atoms with E-state index in [2.05, 4.69) is 15.1 Å². The fourth-order valence-corrected chi connectivity index (χ4v) is 2.77. The van der Waals surface area contributed by atoms with E-state index in [-0.39, 0.29) is 5.56 Å². The average molecular weight is 268 g/mol. The van der Waals surface area contributed by atoms with E-state index in [1.807, 2.05) is 29.6 Å². The maximum atomic E-state index is 12.3. The normalized spacial score (nSPS) is 11.4. The average Bonchev–Trinajstić information content (AvgIpc) is 3.07. The summed E-state index contributed by atoms with van der Waals surface area (Å²) >= 11 is 1.41. The molecule has 0 bridgehead atoms. The van der Waals surface area contributed by atoms with Crippen LogP contribution in [0, 0.1) is 0 Å². The van der Waals surface area contributed by atoms with Crippen molar-refractivity contribution in [2.45, 2.75) is 0 Å². The van der Waals surface area contributed by atoms with Crippen LogP contribution < -0.4 is 5.56 Å². The second-order valence-electron chi connectivity index (χ2n) is 4.13. The van der Waals surface area contributed by atoms with E-state index >= 15 is 0 Å². The summed E-state index contributed by atoms with van der Waals surface area (Å²) in [6.07, 6.45) is 3.29. The molecule has 0 aliphatic rings. The molecule has 0 amide bonds. The van der Waals surface area contributed by atoms with E-state index in [1.54, 1.807) is 12.4 Å². The molecule has 0 saturated heterocycles. The first-order valence-electron chi connectivity index (χ1n) is 5.73. The van der Waals surface area contributed by atoms with Crippen molar-refractivity contribution in [2.24, 2.45) is 0 Å². The van der Waals surface area contributed by atoms with Crippen LogP contribution in [0.3, 0.4) is 0 Å². The molecule has 0 spiro atoms. The third-order valence-corrected chi connectivity index (χ3v) is 3.80. The van der Waals surface area contributed by atoms with Gasteiger partial charge in [0.25, 0.3) is 5.56 Å². The van der Waals surface area contributed by atoms with Crippen LogP contribution in [-0.2, 0) is 0 Å². The molecule has 19 heavy (non-hydrogen) atoms. The van der Waals surface area contributed by atoms with E-state index in [0.29, 0.717) is 10.5 Å². The Balaban J connectivity index is 2.17. The summed E-state index contributed by atoms with van der Waals surface area (Å²) < 4.78 is 1.46. The summed E-state index contributed by atoms with van der Waals surface area (Å²) in [5.41, 5.74) is 1.54. The van der Waals surface area contributed by atoms with Crippen molar-refractivity contribution in [3.05, 3.63) is 52.4 Å². The number of nitrogens with one attached hydrogen (secondary N) is 1. The fraction of sp³-hybridized carbons (Fsp3) is 0. The molecular formula is C13H8N4OS. The number of benzene rings is 1. The van der Waals surface area contributed by atoms with Crippen molar-refractivity contribution < 1.29 is 0 Å². The number of hydrogen-bond donors (Lipinski definition) is 1. The summed E-state index contributed by atoms with van der Waals surface area (Å²) in [6.45, 7) is 0. The lowest BCUT2D eigenvalue weighted by Gasteiger charge is -1.96. The van der Waals surface area contributed by atoms with Crippen LogP contribution in [0.25, 0.3) is 26.9 Å². The number of thiazole rings is 1. The van der Waals surface area contributed by atoms with Gasteiger partial charge in [0.1, 0.15) is 0 Å². The molecule has 0 saturated carbocycles. The molecule has 1 N–H and O–H groups in total. The molecule has 0 unspecified atom stereocenters. The first-order valence-corrected chi connectivity index (χ1v) is 6.61. The summed E-state index contributed by atoms with van der Waals surface area (Å²) in [5.74, 6) is 0.